The molecule has 0 heterocycles. The molecule has 82 valence electrons. The number of unbranched alkanes of at least 4 members (excludes halogenated alkanes) is 3. The van der Waals surface area contributed by atoms with Crippen molar-refractivity contribution in [2.75, 3.05) is 0 Å². The van der Waals surface area contributed by atoms with Gasteiger partial charge in [-0.15, -0.1) is 0 Å². The molecule has 0 fully saturated rings. The Hall–Kier alpha value is -0.880. The van der Waals surface area contributed by atoms with Crippen molar-refractivity contribution < 1.29 is 9.09 Å². The molecule has 0 aliphatic heterocycles. The van der Waals surface area contributed by atoms with E-state index in [0.717, 1.165) is 6.42 Å². The summed E-state index contributed by atoms with van der Waals surface area (Å²) in [6, 6.07) is 7.79. The predicted molar refractivity (Wildman–Crippen MR) is 62.5 cm³/mol. The van der Waals surface area contributed by atoms with Crippen LogP contribution in [0.2, 0.25) is 0 Å². The third kappa shape index (κ3) is 4.94. The van der Waals surface area contributed by atoms with Crippen LogP contribution in [0.3, 0.4) is 0 Å². The van der Waals surface area contributed by atoms with Gasteiger partial charge in [-0.1, -0.05) is 38.3 Å². The molecule has 0 bridgehead atoms. The highest BCUT2D eigenvalue weighted by molar-refractivity contribution is 7.17. The number of hydrogen-bond acceptors (Lipinski definition) is 2. The number of hydrogen-bond donors (Lipinski definition) is 0. The molecule has 1 rings (SSSR count). The van der Waals surface area contributed by atoms with Crippen molar-refractivity contribution in [3.63, 3.8) is 0 Å². The number of benzene rings is 1. The van der Waals surface area contributed by atoms with Crippen LogP contribution in [0.5, 0.6) is 5.75 Å². The molecule has 0 unspecified atom stereocenters. The maximum Gasteiger partial charge on any atom is 0.395 e. The molecule has 0 saturated heterocycles. The van der Waals surface area contributed by atoms with Gasteiger partial charge in [-0.25, -0.2) is 4.57 Å². The molecular weight excluding hydrogens is 207 g/mol. The quantitative estimate of drug-likeness (QED) is 0.507. The molecule has 0 atom stereocenters. The molecule has 0 saturated carbocycles. The van der Waals surface area contributed by atoms with Crippen molar-refractivity contribution in [1.82, 2.24) is 0 Å². The zero-order chi connectivity index (χ0) is 10.9. The van der Waals surface area contributed by atoms with E-state index in [1.54, 1.807) is 0 Å². The minimum atomic E-state index is -0.291. The number of rotatable bonds is 7. The zero-order valence-corrected chi connectivity index (χ0v) is 10.0. The lowest BCUT2D eigenvalue weighted by atomic mass is 10.1. The molecule has 15 heavy (non-hydrogen) atoms. The molecular formula is C12H17O2P. The minimum absolute atomic E-state index is 0.291. The second-order valence-electron chi connectivity index (χ2n) is 3.62. The van der Waals surface area contributed by atoms with Crippen LogP contribution in [0.15, 0.2) is 24.3 Å². The van der Waals surface area contributed by atoms with Crippen LogP contribution < -0.4 is 4.52 Å². The minimum Gasteiger partial charge on any atom is -0.408 e. The Morgan fingerprint density at radius 2 is 1.87 bits per heavy atom. The van der Waals surface area contributed by atoms with Gasteiger partial charge in [0.05, 0.1) is 0 Å². The van der Waals surface area contributed by atoms with Crippen molar-refractivity contribution in [2.24, 2.45) is 0 Å². The van der Waals surface area contributed by atoms with Crippen LogP contribution in [-0.2, 0) is 11.0 Å². The largest absolute Gasteiger partial charge is 0.408 e. The molecule has 0 aromatic heterocycles. The van der Waals surface area contributed by atoms with Gasteiger partial charge in [0.25, 0.3) is 0 Å². The van der Waals surface area contributed by atoms with Gasteiger partial charge in [0.1, 0.15) is 5.75 Å². The van der Waals surface area contributed by atoms with Crippen LogP contribution in [0.25, 0.3) is 0 Å². The van der Waals surface area contributed by atoms with E-state index in [4.69, 9.17) is 4.52 Å². The van der Waals surface area contributed by atoms with E-state index in [1.807, 2.05) is 24.3 Å². The SMILES string of the molecule is CCCCCCc1ccc(OP=O)cc1. The van der Waals surface area contributed by atoms with Crippen LogP contribution in [0.4, 0.5) is 0 Å². The molecule has 1 aromatic carbocycles. The second-order valence-corrected chi connectivity index (χ2v) is 3.95. The Morgan fingerprint density at radius 1 is 1.13 bits per heavy atom. The predicted octanol–water partition coefficient (Wildman–Crippen LogP) is 4.39. The summed E-state index contributed by atoms with van der Waals surface area (Å²) >= 11 is 0. The van der Waals surface area contributed by atoms with Gasteiger partial charge in [0.15, 0.2) is 0 Å². The van der Waals surface area contributed by atoms with Gasteiger partial charge in [0.2, 0.25) is 0 Å². The van der Waals surface area contributed by atoms with Crippen molar-refractivity contribution >= 4 is 8.69 Å². The van der Waals surface area contributed by atoms with E-state index in [0.29, 0.717) is 5.75 Å². The highest BCUT2D eigenvalue weighted by atomic mass is 31.1. The summed E-state index contributed by atoms with van der Waals surface area (Å²) in [4.78, 5) is 0. The first-order valence-electron chi connectivity index (χ1n) is 5.45. The van der Waals surface area contributed by atoms with Crippen LogP contribution in [0, 0.1) is 0 Å². The van der Waals surface area contributed by atoms with Gasteiger partial charge >= 0.3 is 8.69 Å². The van der Waals surface area contributed by atoms with Crippen LogP contribution >= 0.6 is 8.69 Å². The van der Waals surface area contributed by atoms with E-state index in [-0.39, 0.29) is 8.69 Å². The molecule has 0 N–H and O–H groups in total. The summed E-state index contributed by atoms with van der Waals surface area (Å²) in [7, 11) is -0.291. The average Bonchev–Trinajstić information content (AvgIpc) is 2.27. The monoisotopic (exact) mass is 224 g/mol. The lowest BCUT2D eigenvalue weighted by Crippen LogP contribution is -1.85. The van der Waals surface area contributed by atoms with Crippen LogP contribution in [0.1, 0.15) is 38.2 Å². The van der Waals surface area contributed by atoms with E-state index in [2.05, 4.69) is 6.92 Å². The van der Waals surface area contributed by atoms with Crippen molar-refractivity contribution in [3.05, 3.63) is 29.8 Å². The Morgan fingerprint density at radius 3 is 2.47 bits per heavy atom. The normalized spacial score (nSPS) is 10.5. The summed E-state index contributed by atoms with van der Waals surface area (Å²) in [5.41, 5.74) is 1.32. The van der Waals surface area contributed by atoms with Gasteiger partial charge in [-0.05, 0) is 30.5 Å². The maximum atomic E-state index is 10.2. The Balaban J connectivity index is 2.32. The topological polar surface area (TPSA) is 26.3 Å². The first-order chi connectivity index (χ1) is 7.36. The summed E-state index contributed by atoms with van der Waals surface area (Å²) in [5.74, 6) is 0.656. The number of aryl methyl sites for hydroxylation is 1. The van der Waals surface area contributed by atoms with E-state index < -0.39 is 0 Å². The fourth-order valence-electron chi connectivity index (χ4n) is 1.52. The lowest BCUT2D eigenvalue weighted by molar-refractivity contribution is 0.525. The highest BCUT2D eigenvalue weighted by Crippen LogP contribution is 2.17. The van der Waals surface area contributed by atoms with E-state index in [9.17, 15) is 4.57 Å². The Kier molecular flexibility index (Phi) is 6.03. The van der Waals surface area contributed by atoms with Gasteiger partial charge in [-0.3, -0.25) is 0 Å². The van der Waals surface area contributed by atoms with Crippen molar-refractivity contribution in [1.29, 1.82) is 0 Å². The molecule has 3 heteroatoms. The zero-order valence-electron chi connectivity index (χ0n) is 9.11. The van der Waals surface area contributed by atoms with E-state index in [1.165, 1.54) is 31.2 Å². The Bertz CT molecular complexity index is 282. The maximum absolute atomic E-state index is 10.2. The third-order valence-electron chi connectivity index (χ3n) is 2.39. The van der Waals surface area contributed by atoms with Gasteiger partial charge in [-0.2, -0.15) is 0 Å². The molecule has 0 aliphatic carbocycles. The standard InChI is InChI=1S/C12H17O2P/c1-2-3-4-5-6-11-7-9-12(10-8-11)14-15-13/h7-10H,2-6H2,1H3. The molecule has 1 aromatic rings. The molecule has 0 spiro atoms. The Labute approximate surface area is 92.9 Å². The van der Waals surface area contributed by atoms with Gasteiger partial charge < -0.3 is 4.52 Å². The smallest absolute Gasteiger partial charge is 0.395 e. The summed E-state index contributed by atoms with van der Waals surface area (Å²) in [5, 5.41) is 0. The molecule has 0 radical (unpaired) electrons. The van der Waals surface area contributed by atoms with Crippen molar-refractivity contribution in [3.8, 4) is 5.75 Å². The highest BCUT2D eigenvalue weighted by Gasteiger charge is 1.95. The van der Waals surface area contributed by atoms with Gasteiger partial charge in [0, 0.05) is 0 Å². The molecule has 0 amide bonds. The van der Waals surface area contributed by atoms with Crippen LogP contribution in [-0.4, -0.2) is 0 Å². The fourth-order valence-corrected chi connectivity index (χ4v) is 1.72. The van der Waals surface area contributed by atoms with Crippen molar-refractivity contribution in [2.45, 2.75) is 39.0 Å². The average molecular weight is 224 g/mol. The first kappa shape index (κ1) is 12.2. The third-order valence-corrected chi connectivity index (χ3v) is 2.67. The molecule has 0 aliphatic rings. The lowest BCUT2D eigenvalue weighted by Gasteiger charge is -2.02. The summed E-state index contributed by atoms with van der Waals surface area (Å²) < 4.78 is 15.0. The summed E-state index contributed by atoms with van der Waals surface area (Å²) in [6.45, 7) is 2.22. The first-order valence-corrected chi connectivity index (χ1v) is 6.18. The fraction of sp³-hybridized carbons (Fsp3) is 0.500. The molecule has 2 nitrogen and oxygen atoms in total. The van der Waals surface area contributed by atoms with E-state index >= 15 is 0 Å². The second kappa shape index (κ2) is 7.42. The summed E-state index contributed by atoms with van der Waals surface area (Å²) in [6.07, 6.45) is 6.25.